The Hall–Kier alpha value is -1.74. The molecule has 29 heavy (non-hydrogen) atoms. The SMILES string of the molecule is CCCCN(CCCC)CCCCCCCCc1cc2ccccc2c(O)c1O. The molecule has 162 valence electrons. The molecular formula is C26H41NO2. The average molecular weight is 400 g/mol. The van der Waals surface area contributed by atoms with Gasteiger partial charge in [0, 0.05) is 5.39 Å². The van der Waals surface area contributed by atoms with E-state index in [0.717, 1.165) is 29.2 Å². The minimum atomic E-state index is 0.0220. The number of rotatable bonds is 15. The molecule has 0 spiro atoms. The molecule has 2 rings (SSSR count). The van der Waals surface area contributed by atoms with Crippen molar-refractivity contribution in [1.82, 2.24) is 4.90 Å². The summed E-state index contributed by atoms with van der Waals surface area (Å²) in [4.78, 5) is 2.65. The van der Waals surface area contributed by atoms with E-state index < -0.39 is 0 Å². The van der Waals surface area contributed by atoms with Crippen LogP contribution in [0.1, 0.15) is 83.6 Å². The lowest BCUT2D eigenvalue weighted by atomic mass is 9.99. The maximum Gasteiger partial charge on any atom is 0.165 e. The Labute approximate surface area is 177 Å². The smallest absolute Gasteiger partial charge is 0.165 e. The summed E-state index contributed by atoms with van der Waals surface area (Å²) >= 11 is 0. The van der Waals surface area contributed by atoms with Gasteiger partial charge in [0.15, 0.2) is 11.5 Å². The first-order valence-corrected chi connectivity index (χ1v) is 11.8. The minimum Gasteiger partial charge on any atom is -0.504 e. The van der Waals surface area contributed by atoms with Crippen molar-refractivity contribution in [2.45, 2.75) is 84.5 Å². The van der Waals surface area contributed by atoms with E-state index in [-0.39, 0.29) is 11.5 Å². The summed E-state index contributed by atoms with van der Waals surface area (Å²) in [5.41, 5.74) is 0.865. The van der Waals surface area contributed by atoms with Crippen LogP contribution in [-0.4, -0.2) is 34.7 Å². The Morgan fingerprint density at radius 2 is 1.28 bits per heavy atom. The Morgan fingerprint density at radius 3 is 1.97 bits per heavy atom. The lowest BCUT2D eigenvalue weighted by Gasteiger charge is -2.21. The van der Waals surface area contributed by atoms with Crippen molar-refractivity contribution in [2.75, 3.05) is 19.6 Å². The molecule has 0 unspecified atom stereocenters. The molecule has 0 saturated carbocycles. The van der Waals surface area contributed by atoms with E-state index in [2.05, 4.69) is 18.7 Å². The quantitative estimate of drug-likeness (QED) is 0.249. The van der Waals surface area contributed by atoms with E-state index in [1.54, 1.807) is 0 Å². The van der Waals surface area contributed by atoms with Gasteiger partial charge in [0.25, 0.3) is 0 Å². The molecule has 0 fully saturated rings. The van der Waals surface area contributed by atoms with Gasteiger partial charge in [0.05, 0.1) is 0 Å². The summed E-state index contributed by atoms with van der Waals surface area (Å²) in [6, 6.07) is 9.70. The van der Waals surface area contributed by atoms with Gasteiger partial charge in [-0.25, -0.2) is 0 Å². The molecule has 0 radical (unpaired) electrons. The van der Waals surface area contributed by atoms with Crippen molar-refractivity contribution in [1.29, 1.82) is 0 Å². The first kappa shape index (κ1) is 23.5. The number of aromatic hydroxyl groups is 2. The Bertz CT molecular complexity index is 705. The molecule has 0 aliphatic rings. The molecule has 3 nitrogen and oxygen atoms in total. The Balaban J connectivity index is 1.63. The minimum absolute atomic E-state index is 0.0220. The van der Waals surface area contributed by atoms with Crippen LogP contribution in [0.25, 0.3) is 10.8 Å². The standard InChI is InChI=1S/C26H41NO2/c1-3-5-18-27(19-6-4-2)20-14-10-8-7-9-11-16-23-21-22-15-12-13-17-24(22)26(29)25(23)28/h12-13,15,17,21,28-29H,3-11,14,16,18-20H2,1-2H3. The zero-order valence-corrected chi connectivity index (χ0v) is 18.6. The molecule has 2 aromatic rings. The van der Waals surface area contributed by atoms with E-state index in [9.17, 15) is 10.2 Å². The molecule has 0 saturated heterocycles. The third-order valence-corrected chi connectivity index (χ3v) is 5.90. The van der Waals surface area contributed by atoms with E-state index in [0.29, 0.717) is 0 Å². The van der Waals surface area contributed by atoms with Crippen LogP contribution in [0.2, 0.25) is 0 Å². The molecular weight excluding hydrogens is 358 g/mol. The highest BCUT2D eigenvalue weighted by atomic mass is 16.3. The molecule has 0 amide bonds. The van der Waals surface area contributed by atoms with Crippen LogP contribution in [0.4, 0.5) is 0 Å². The van der Waals surface area contributed by atoms with Crippen LogP contribution >= 0.6 is 0 Å². The second kappa shape index (κ2) is 13.5. The summed E-state index contributed by atoms with van der Waals surface area (Å²) < 4.78 is 0. The fourth-order valence-corrected chi connectivity index (χ4v) is 4.02. The highest BCUT2D eigenvalue weighted by molar-refractivity contribution is 5.91. The molecule has 0 aliphatic carbocycles. The number of fused-ring (bicyclic) bond motifs is 1. The number of benzene rings is 2. The number of hydrogen-bond acceptors (Lipinski definition) is 3. The molecule has 0 atom stereocenters. The first-order chi connectivity index (χ1) is 14.2. The lowest BCUT2D eigenvalue weighted by Crippen LogP contribution is -2.27. The average Bonchev–Trinajstić information content (AvgIpc) is 2.74. The summed E-state index contributed by atoms with van der Waals surface area (Å²) in [5, 5.41) is 22.2. The van der Waals surface area contributed by atoms with Gasteiger partial charge in [-0.1, -0.05) is 76.6 Å². The van der Waals surface area contributed by atoms with Crippen LogP contribution in [0.3, 0.4) is 0 Å². The lowest BCUT2D eigenvalue weighted by molar-refractivity contribution is 0.259. The fourth-order valence-electron chi connectivity index (χ4n) is 4.02. The van der Waals surface area contributed by atoms with E-state index in [4.69, 9.17) is 0 Å². The third kappa shape index (κ3) is 7.89. The molecule has 3 heteroatoms. The van der Waals surface area contributed by atoms with Crippen molar-refractivity contribution < 1.29 is 10.2 Å². The second-order valence-corrected chi connectivity index (χ2v) is 8.37. The van der Waals surface area contributed by atoms with Crippen LogP contribution in [0, 0.1) is 0 Å². The van der Waals surface area contributed by atoms with Crippen molar-refractivity contribution in [2.24, 2.45) is 0 Å². The summed E-state index contributed by atoms with van der Waals surface area (Å²) in [7, 11) is 0. The summed E-state index contributed by atoms with van der Waals surface area (Å²) in [5.74, 6) is 0.0803. The van der Waals surface area contributed by atoms with Crippen LogP contribution in [-0.2, 0) is 6.42 Å². The van der Waals surface area contributed by atoms with Crippen molar-refractivity contribution in [3.8, 4) is 11.5 Å². The van der Waals surface area contributed by atoms with Crippen LogP contribution < -0.4 is 0 Å². The van der Waals surface area contributed by atoms with Gasteiger partial charge in [-0.2, -0.15) is 0 Å². The summed E-state index contributed by atoms with van der Waals surface area (Å²) in [6.07, 6.45) is 13.5. The van der Waals surface area contributed by atoms with Gasteiger partial charge in [-0.15, -0.1) is 0 Å². The highest BCUT2D eigenvalue weighted by Gasteiger charge is 2.11. The number of phenolic OH excluding ortho intramolecular Hbond substituents is 2. The zero-order valence-electron chi connectivity index (χ0n) is 18.6. The maximum atomic E-state index is 10.3. The monoisotopic (exact) mass is 399 g/mol. The summed E-state index contributed by atoms with van der Waals surface area (Å²) in [6.45, 7) is 8.33. The van der Waals surface area contributed by atoms with E-state index >= 15 is 0 Å². The molecule has 2 N–H and O–H groups in total. The number of hydrogen-bond donors (Lipinski definition) is 2. The molecule has 0 heterocycles. The van der Waals surface area contributed by atoms with Crippen molar-refractivity contribution in [3.05, 3.63) is 35.9 Å². The second-order valence-electron chi connectivity index (χ2n) is 8.37. The van der Waals surface area contributed by atoms with Crippen LogP contribution in [0.15, 0.2) is 30.3 Å². The predicted molar refractivity (Wildman–Crippen MR) is 125 cm³/mol. The number of phenols is 2. The number of nitrogens with zero attached hydrogens (tertiary/aromatic N) is 1. The van der Waals surface area contributed by atoms with Gasteiger partial charge in [0.2, 0.25) is 0 Å². The van der Waals surface area contributed by atoms with Crippen molar-refractivity contribution >= 4 is 10.8 Å². The van der Waals surface area contributed by atoms with Gasteiger partial charge >= 0.3 is 0 Å². The van der Waals surface area contributed by atoms with Gasteiger partial charge in [0.1, 0.15) is 0 Å². The Morgan fingerprint density at radius 1 is 0.690 bits per heavy atom. The van der Waals surface area contributed by atoms with E-state index in [1.807, 2.05) is 30.3 Å². The highest BCUT2D eigenvalue weighted by Crippen LogP contribution is 2.37. The van der Waals surface area contributed by atoms with E-state index in [1.165, 1.54) is 77.4 Å². The maximum absolute atomic E-state index is 10.3. The fraction of sp³-hybridized carbons (Fsp3) is 0.615. The third-order valence-electron chi connectivity index (χ3n) is 5.90. The van der Waals surface area contributed by atoms with Gasteiger partial charge in [-0.05, 0) is 68.8 Å². The van der Waals surface area contributed by atoms with Gasteiger partial charge < -0.3 is 15.1 Å². The number of aryl methyl sites for hydroxylation is 1. The largest absolute Gasteiger partial charge is 0.504 e. The molecule has 0 bridgehead atoms. The normalized spacial score (nSPS) is 11.6. The zero-order chi connectivity index (χ0) is 20.9. The Kier molecular flexibility index (Phi) is 10.9. The predicted octanol–water partition coefficient (Wildman–Crippen LogP) is 7.04. The first-order valence-electron chi connectivity index (χ1n) is 11.8. The van der Waals surface area contributed by atoms with Crippen LogP contribution in [0.5, 0.6) is 11.5 Å². The van der Waals surface area contributed by atoms with Gasteiger partial charge in [-0.3, -0.25) is 0 Å². The molecule has 0 aliphatic heterocycles. The van der Waals surface area contributed by atoms with Crippen molar-refractivity contribution in [3.63, 3.8) is 0 Å². The molecule has 0 aromatic heterocycles. The number of unbranched alkanes of at least 4 members (excludes halogenated alkanes) is 7. The topological polar surface area (TPSA) is 43.7 Å². The molecule has 2 aromatic carbocycles.